The van der Waals surface area contributed by atoms with Crippen molar-refractivity contribution in [2.45, 2.75) is 40.0 Å². The Labute approximate surface area is 105 Å². The first-order chi connectivity index (χ1) is 8.13. The van der Waals surface area contributed by atoms with E-state index < -0.39 is 0 Å². The standard InChI is InChI=1S/C14H25N3/c1-5-8-15-9-6-7-12(2)10-14-11-13(3)16-17(14)4/h7,11,15H,5-6,8-10H2,1-4H3. The van der Waals surface area contributed by atoms with Crippen molar-refractivity contribution in [3.05, 3.63) is 29.1 Å². The lowest BCUT2D eigenvalue weighted by Crippen LogP contribution is -2.15. The molecular weight excluding hydrogens is 210 g/mol. The highest BCUT2D eigenvalue weighted by Crippen LogP contribution is 2.09. The van der Waals surface area contributed by atoms with Crippen molar-refractivity contribution in [2.75, 3.05) is 13.1 Å². The molecule has 0 aliphatic rings. The largest absolute Gasteiger partial charge is 0.316 e. The number of nitrogens with zero attached hydrogens (tertiary/aromatic N) is 2. The molecule has 1 aromatic rings. The minimum absolute atomic E-state index is 1.01. The zero-order valence-electron chi connectivity index (χ0n) is 11.6. The fourth-order valence-corrected chi connectivity index (χ4v) is 1.91. The average Bonchev–Trinajstić information content (AvgIpc) is 2.57. The zero-order valence-corrected chi connectivity index (χ0v) is 11.6. The quantitative estimate of drug-likeness (QED) is 0.581. The van der Waals surface area contributed by atoms with Gasteiger partial charge in [0.25, 0.3) is 0 Å². The highest BCUT2D eigenvalue weighted by molar-refractivity contribution is 5.16. The summed E-state index contributed by atoms with van der Waals surface area (Å²) in [7, 11) is 2.01. The normalized spacial score (nSPS) is 12.1. The molecule has 3 nitrogen and oxygen atoms in total. The van der Waals surface area contributed by atoms with E-state index in [1.807, 2.05) is 18.7 Å². The van der Waals surface area contributed by atoms with Crippen molar-refractivity contribution in [2.24, 2.45) is 7.05 Å². The molecule has 0 spiro atoms. The summed E-state index contributed by atoms with van der Waals surface area (Å²) in [5, 5.41) is 7.77. The molecule has 1 heterocycles. The summed E-state index contributed by atoms with van der Waals surface area (Å²) in [6, 6.07) is 2.16. The molecule has 17 heavy (non-hydrogen) atoms. The van der Waals surface area contributed by atoms with Crippen LogP contribution in [0.15, 0.2) is 17.7 Å². The van der Waals surface area contributed by atoms with Crippen LogP contribution in [0.1, 0.15) is 38.1 Å². The Kier molecular flexibility index (Phi) is 5.98. The lowest BCUT2D eigenvalue weighted by atomic mass is 10.1. The third kappa shape index (κ3) is 5.18. The van der Waals surface area contributed by atoms with Crippen molar-refractivity contribution in [1.82, 2.24) is 15.1 Å². The van der Waals surface area contributed by atoms with Gasteiger partial charge in [-0.3, -0.25) is 4.68 Å². The van der Waals surface area contributed by atoms with Gasteiger partial charge in [0.15, 0.2) is 0 Å². The number of hydrogen-bond donors (Lipinski definition) is 1. The molecule has 1 rings (SSSR count). The van der Waals surface area contributed by atoms with Crippen molar-refractivity contribution in [3.8, 4) is 0 Å². The van der Waals surface area contributed by atoms with E-state index in [0.29, 0.717) is 0 Å². The molecule has 0 fully saturated rings. The first kappa shape index (κ1) is 14.0. The van der Waals surface area contributed by atoms with Crippen LogP contribution in [0.4, 0.5) is 0 Å². The van der Waals surface area contributed by atoms with Gasteiger partial charge in [0.2, 0.25) is 0 Å². The Hall–Kier alpha value is -1.09. The van der Waals surface area contributed by atoms with E-state index in [-0.39, 0.29) is 0 Å². The molecule has 3 heteroatoms. The summed E-state index contributed by atoms with van der Waals surface area (Å²) in [5.41, 5.74) is 3.81. The predicted molar refractivity (Wildman–Crippen MR) is 73.2 cm³/mol. The molecule has 0 saturated carbocycles. The van der Waals surface area contributed by atoms with Gasteiger partial charge in [-0.05, 0) is 45.8 Å². The van der Waals surface area contributed by atoms with Crippen molar-refractivity contribution in [1.29, 1.82) is 0 Å². The van der Waals surface area contributed by atoms with Gasteiger partial charge in [0.1, 0.15) is 0 Å². The Morgan fingerprint density at radius 1 is 1.47 bits per heavy atom. The minimum atomic E-state index is 1.01. The lowest BCUT2D eigenvalue weighted by molar-refractivity contribution is 0.675. The average molecular weight is 235 g/mol. The predicted octanol–water partition coefficient (Wildman–Crippen LogP) is 2.61. The topological polar surface area (TPSA) is 29.9 Å². The van der Waals surface area contributed by atoms with Crippen LogP contribution in [-0.2, 0) is 13.5 Å². The third-order valence-corrected chi connectivity index (χ3v) is 2.80. The molecular formula is C14H25N3. The number of nitrogens with one attached hydrogen (secondary N) is 1. The van der Waals surface area contributed by atoms with E-state index in [1.54, 1.807) is 0 Å². The van der Waals surface area contributed by atoms with E-state index in [2.05, 4.69) is 36.4 Å². The smallest absolute Gasteiger partial charge is 0.0596 e. The number of aromatic nitrogens is 2. The molecule has 0 bridgehead atoms. The van der Waals surface area contributed by atoms with Gasteiger partial charge in [-0.25, -0.2) is 0 Å². The fourth-order valence-electron chi connectivity index (χ4n) is 1.91. The number of hydrogen-bond acceptors (Lipinski definition) is 2. The molecule has 0 atom stereocenters. The fraction of sp³-hybridized carbons (Fsp3) is 0.643. The Morgan fingerprint density at radius 2 is 2.24 bits per heavy atom. The van der Waals surface area contributed by atoms with Gasteiger partial charge in [0, 0.05) is 19.2 Å². The van der Waals surface area contributed by atoms with Gasteiger partial charge in [-0.2, -0.15) is 5.10 Å². The first-order valence-electron chi connectivity index (χ1n) is 6.49. The van der Waals surface area contributed by atoms with Crippen molar-refractivity contribution >= 4 is 0 Å². The maximum atomic E-state index is 4.36. The molecule has 0 unspecified atom stereocenters. The van der Waals surface area contributed by atoms with Gasteiger partial charge < -0.3 is 5.32 Å². The first-order valence-corrected chi connectivity index (χ1v) is 6.49. The minimum Gasteiger partial charge on any atom is -0.316 e. The Balaban J connectivity index is 2.35. The molecule has 0 radical (unpaired) electrons. The molecule has 1 aromatic heterocycles. The Bertz CT molecular complexity index is 364. The van der Waals surface area contributed by atoms with E-state index >= 15 is 0 Å². The maximum Gasteiger partial charge on any atom is 0.0596 e. The van der Waals surface area contributed by atoms with Crippen LogP contribution in [-0.4, -0.2) is 22.9 Å². The second-order valence-electron chi connectivity index (χ2n) is 4.67. The van der Waals surface area contributed by atoms with Crippen LogP contribution in [0.2, 0.25) is 0 Å². The van der Waals surface area contributed by atoms with E-state index in [4.69, 9.17) is 0 Å². The number of aryl methyl sites for hydroxylation is 2. The zero-order chi connectivity index (χ0) is 12.7. The summed E-state index contributed by atoms with van der Waals surface area (Å²) in [6.07, 6.45) is 5.65. The van der Waals surface area contributed by atoms with E-state index in [0.717, 1.165) is 31.6 Å². The summed E-state index contributed by atoms with van der Waals surface area (Å²) in [6.45, 7) is 8.63. The highest BCUT2D eigenvalue weighted by Gasteiger charge is 2.02. The van der Waals surface area contributed by atoms with E-state index in [1.165, 1.54) is 17.7 Å². The van der Waals surface area contributed by atoms with Crippen molar-refractivity contribution in [3.63, 3.8) is 0 Å². The Morgan fingerprint density at radius 3 is 2.82 bits per heavy atom. The SMILES string of the molecule is CCCNCCC=C(C)Cc1cc(C)nn1C. The van der Waals surface area contributed by atoms with Gasteiger partial charge >= 0.3 is 0 Å². The van der Waals surface area contributed by atoms with Gasteiger partial charge in [0.05, 0.1) is 5.69 Å². The van der Waals surface area contributed by atoms with Crippen LogP contribution in [0.5, 0.6) is 0 Å². The molecule has 0 aromatic carbocycles. The summed E-state index contributed by atoms with van der Waals surface area (Å²) >= 11 is 0. The van der Waals surface area contributed by atoms with Crippen LogP contribution >= 0.6 is 0 Å². The van der Waals surface area contributed by atoms with Crippen LogP contribution in [0.3, 0.4) is 0 Å². The number of allylic oxidation sites excluding steroid dienone is 1. The maximum absolute atomic E-state index is 4.36. The van der Waals surface area contributed by atoms with Crippen molar-refractivity contribution < 1.29 is 0 Å². The second kappa shape index (κ2) is 7.28. The van der Waals surface area contributed by atoms with E-state index in [9.17, 15) is 0 Å². The van der Waals surface area contributed by atoms with Gasteiger partial charge in [-0.15, -0.1) is 0 Å². The number of rotatable bonds is 7. The molecule has 96 valence electrons. The second-order valence-corrected chi connectivity index (χ2v) is 4.67. The molecule has 0 aliphatic heterocycles. The summed E-state index contributed by atoms with van der Waals surface area (Å²) in [4.78, 5) is 0. The molecule has 0 saturated heterocycles. The third-order valence-electron chi connectivity index (χ3n) is 2.80. The summed E-state index contributed by atoms with van der Waals surface area (Å²) < 4.78 is 1.97. The summed E-state index contributed by atoms with van der Waals surface area (Å²) in [5.74, 6) is 0. The van der Waals surface area contributed by atoms with Crippen LogP contribution in [0, 0.1) is 6.92 Å². The van der Waals surface area contributed by atoms with Gasteiger partial charge in [-0.1, -0.05) is 18.6 Å². The monoisotopic (exact) mass is 235 g/mol. The van der Waals surface area contributed by atoms with Crippen LogP contribution < -0.4 is 5.32 Å². The molecule has 0 amide bonds. The highest BCUT2D eigenvalue weighted by atomic mass is 15.3. The molecule has 1 N–H and O–H groups in total. The van der Waals surface area contributed by atoms with Crippen LogP contribution in [0.25, 0.3) is 0 Å². The molecule has 0 aliphatic carbocycles. The lowest BCUT2D eigenvalue weighted by Gasteiger charge is -2.03.